The van der Waals surface area contributed by atoms with Gasteiger partial charge in [0.2, 0.25) is 0 Å². The molecule has 1 heterocycles. The first-order valence-electron chi connectivity index (χ1n) is 7.68. The van der Waals surface area contributed by atoms with Crippen LogP contribution >= 0.6 is 0 Å². The van der Waals surface area contributed by atoms with Gasteiger partial charge in [-0.15, -0.1) is 0 Å². The van der Waals surface area contributed by atoms with E-state index in [-0.39, 0.29) is 11.2 Å². The van der Waals surface area contributed by atoms with Crippen LogP contribution in [0.3, 0.4) is 0 Å². The molecule has 1 aliphatic rings. The molecule has 118 valence electrons. The molecule has 1 aromatic rings. The third-order valence-electron chi connectivity index (χ3n) is 4.50. The van der Waals surface area contributed by atoms with Crippen LogP contribution in [0.15, 0.2) is 29.2 Å². The number of sulfone groups is 1. The Morgan fingerprint density at radius 1 is 1.19 bits per heavy atom. The molecule has 21 heavy (non-hydrogen) atoms. The predicted molar refractivity (Wildman–Crippen MR) is 87.4 cm³/mol. The van der Waals surface area contributed by atoms with Crippen LogP contribution in [0.5, 0.6) is 0 Å². The maximum absolute atomic E-state index is 12.0. The number of anilines is 1. The number of hydrogen-bond donors (Lipinski definition) is 1. The van der Waals surface area contributed by atoms with Crippen molar-refractivity contribution in [3.05, 3.63) is 24.3 Å². The van der Waals surface area contributed by atoms with E-state index in [1.54, 1.807) is 12.1 Å². The number of rotatable bonds is 5. The second-order valence-corrected chi connectivity index (χ2v) is 8.42. The zero-order valence-corrected chi connectivity index (χ0v) is 13.8. The minimum atomic E-state index is -3.12. The van der Waals surface area contributed by atoms with Crippen LogP contribution < -0.4 is 10.6 Å². The van der Waals surface area contributed by atoms with Crippen LogP contribution in [0.4, 0.5) is 5.69 Å². The molecule has 1 aliphatic heterocycles. The van der Waals surface area contributed by atoms with Gasteiger partial charge in [0.15, 0.2) is 9.84 Å². The van der Waals surface area contributed by atoms with Crippen LogP contribution in [-0.4, -0.2) is 33.8 Å². The Kier molecular flexibility index (Phi) is 4.94. The Bertz CT molecular complexity index is 558. The Morgan fingerprint density at radius 2 is 1.76 bits per heavy atom. The lowest BCUT2D eigenvalue weighted by Crippen LogP contribution is -2.42. The molecule has 0 bridgehead atoms. The van der Waals surface area contributed by atoms with Gasteiger partial charge < -0.3 is 10.6 Å². The molecule has 0 saturated carbocycles. The lowest BCUT2D eigenvalue weighted by atomic mass is 9.80. The zero-order chi connectivity index (χ0) is 15.5. The lowest BCUT2D eigenvalue weighted by Gasteiger charge is -2.39. The Labute approximate surface area is 128 Å². The summed E-state index contributed by atoms with van der Waals surface area (Å²) in [5.74, 6) is 0.213. The zero-order valence-electron chi connectivity index (χ0n) is 13.0. The Balaban J connectivity index is 2.07. The molecule has 0 unspecified atom stereocenters. The summed E-state index contributed by atoms with van der Waals surface area (Å²) in [5, 5.41) is 0. The standard InChI is InChI=1S/C16H26N2O2S/c1-3-12-21(19,20)15-6-4-14(5-7-15)18-10-8-16(2,13-17)9-11-18/h4-7H,3,8-13,17H2,1-2H3. The first-order chi connectivity index (χ1) is 9.90. The van der Waals surface area contributed by atoms with Gasteiger partial charge in [0, 0.05) is 18.8 Å². The van der Waals surface area contributed by atoms with Gasteiger partial charge in [-0.3, -0.25) is 0 Å². The van der Waals surface area contributed by atoms with Gasteiger partial charge in [0.1, 0.15) is 0 Å². The molecule has 5 heteroatoms. The van der Waals surface area contributed by atoms with Crippen molar-refractivity contribution < 1.29 is 8.42 Å². The molecular weight excluding hydrogens is 284 g/mol. The van der Waals surface area contributed by atoms with E-state index >= 15 is 0 Å². The molecule has 0 spiro atoms. The van der Waals surface area contributed by atoms with Crippen molar-refractivity contribution >= 4 is 15.5 Å². The molecule has 2 rings (SSSR count). The van der Waals surface area contributed by atoms with E-state index in [0.29, 0.717) is 11.3 Å². The highest BCUT2D eigenvalue weighted by molar-refractivity contribution is 7.91. The van der Waals surface area contributed by atoms with Crippen molar-refractivity contribution in [2.75, 3.05) is 30.3 Å². The molecular formula is C16H26N2O2S. The van der Waals surface area contributed by atoms with E-state index in [9.17, 15) is 8.42 Å². The molecule has 4 nitrogen and oxygen atoms in total. The first kappa shape index (κ1) is 16.3. The summed E-state index contributed by atoms with van der Waals surface area (Å²) in [6, 6.07) is 7.31. The third kappa shape index (κ3) is 3.77. The summed E-state index contributed by atoms with van der Waals surface area (Å²) in [5.41, 5.74) is 7.18. The number of piperidine rings is 1. The SMILES string of the molecule is CCCS(=O)(=O)c1ccc(N2CCC(C)(CN)CC2)cc1. The van der Waals surface area contributed by atoms with Gasteiger partial charge in [-0.2, -0.15) is 0 Å². The normalized spacial score (nSPS) is 18.7. The highest BCUT2D eigenvalue weighted by Gasteiger charge is 2.28. The molecule has 0 aliphatic carbocycles. The van der Waals surface area contributed by atoms with Gasteiger partial charge in [0.25, 0.3) is 0 Å². The summed E-state index contributed by atoms with van der Waals surface area (Å²) < 4.78 is 24.0. The fraction of sp³-hybridized carbons (Fsp3) is 0.625. The number of benzene rings is 1. The van der Waals surface area contributed by atoms with Gasteiger partial charge in [-0.05, 0) is 55.5 Å². The summed E-state index contributed by atoms with van der Waals surface area (Å²) >= 11 is 0. The quantitative estimate of drug-likeness (QED) is 0.907. The molecule has 0 aromatic heterocycles. The van der Waals surface area contributed by atoms with E-state index in [4.69, 9.17) is 5.73 Å². The fourth-order valence-electron chi connectivity index (χ4n) is 2.76. The smallest absolute Gasteiger partial charge is 0.178 e. The molecule has 1 aromatic carbocycles. The van der Waals surface area contributed by atoms with Crippen molar-refractivity contribution in [3.63, 3.8) is 0 Å². The van der Waals surface area contributed by atoms with E-state index < -0.39 is 9.84 Å². The van der Waals surface area contributed by atoms with Crippen LogP contribution in [0.25, 0.3) is 0 Å². The molecule has 0 amide bonds. The Morgan fingerprint density at radius 3 is 2.24 bits per heavy atom. The van der Waals surface area contributed by atoms with E-state index in [2.05, 4.69) is 11.8 Å². The third-order valence-corrected chi connectivity index (χ3v) is 6.43. The lowest BCUT2D eigenvalue weighted by molar-refractivity contribution is 0.258. The summed E-state index contributed by atoms with van der Waals surface area (Å²) in [6.07, 6.45) is 2.81. The minimum Gasteiger partial charge on any atom is -0.371 e. The average Bonchev–Trinajstić information content (AvgIpc) is 2.48. The van der Waals surface area contributed by atoms with Gasteiger partial charge >= 0.3 is 0 Å². The van der Waals surface area contributed by atoms with Gasteiger partial charge in [-0.1, -0.05) is 13.8 Å². The first-order valence-corrected chi connectivity index (χ1v) is 9.33. The summed E-state index contributed by atoms with van der Waals surface area (Å²) in [4.78, 5) is 2.74. The molecule has 2 N–H and O–H groups in total. The topological polar surface area (TPSA) is 63.4 Å². The van der Waals surface area contributed by atoms with Crippen molar-refractivity contribution in [2.24, 2.45) is 11.1 Å². The maximum Gasteiger partial charge on any atom is 0.178 e. The van der Waals surface area contributed by atoms with Crippen molar-refractivity contribution in [1.82, 2.24) is 0 Å². The maximum atomic E-state index is 12.0. The second kappa shape index (κ2) is 6.36. The second-order valence-electron chi connectivity index (χ2n) is 6.31. The average molecular weight is 310 g/mol. The largest absolute Gasteiger partial charge is 0.371 e. The Hall–Kier alpha value is -1.07. The van der Waals surface area contributed by atoms with Crippen molar-refractivity contribution in [3.8, 4) is 0 Å². The summed E-state index contributed by atoms with van der Waals surface area (Å²) in [6.45, 7) is 6.82. The molecule has 1 saturated heterocycles. The molecule has 0 atom stereocenters. The number of nitrogens with two attached hydrogens (primary N) is 1. The fourth-order valence-corrected chi connectivity index (χ4v) is 4.08. The van der Waals surface area contributed by atoms with E-state index in [0.717, 1.165) is 38.2 Å². The molecule has 1 fully saturated rings. The highest BCUT2D eigenvalue weighted by atomic mass is 32.2. The predicted octanol–water partition coefficient (Wildman–Crippen LogP) is 2.44. The van der Waals surface area contributed by atoms with E-state index in [1.807, 2.05) is 19.1 Å². The monoisotopic (exact) mass is 310 g/mol. The number of hydrogen-bond acceptors (Lipinski definition) is 4. The summed E-state index contributed by atoms with van der Waals surface area (Å²) in [7, 11) is -3.12. The van der Waals surface area contributed by atoms with Crippen LogP contribution in [0.1, 0.15) is 33.1 Å². The van der Waals surface area contributed by atoms with Crippen LogP contribution in [0, 0.1) is 5.41 Å². The minimum absolute atomic E-state index is 0.213. The van der Waals surface area contributed by atoms with Gasteiger partial charge in [0.05, 0.1) is 10.6 Å². The van der Waals surface area contributed by atoms with E-state index in [1.165, 1.54) is 0 Å². The van der Waals surface area contributed by atoms with Gasteiger partial charge in [-0.25, -0.2) is 8.42 Å². The van der Waals surface area contributed by atoms with Crippen LogP contribution in [0.2, 0.25) is 0 Å². The van der Waals surface area contributed by atoms with Crippen LogP contribution in [-0.2, 0) is 9.84 Å². The van der Waals surface area contributed by atoms with Crippen molar-refractivity contribution in [1.29, 1.82) is 0 Å². The molecule has 0 radical (unpaired) electrons. The highest BCUT2D eigenvalue weighted by Crippen LogP contribution is 2.32. The number of nitrogens with zero attached hydrogens (tertiary/aromatic N) is 1. The van der Waals surface area contributed by atoms with Crippen molar-refractivity contribution in [2.45, 2.75) is 38.0 Å².